The molecule has 0 saturated heterocycles. The van der Waals surface area contributed by atoms with E-state index in [1.165, 1.54) is 23.9 Å². The maximum absolute atomic E-state index is 11.4. The molecule has 1 aliphatic carbocycles. The topological polar surface area (TPSA) is 78.0 Å². The third kappa shape index (κ3) is 3.13. The lowest BCUT2D eigenvalue weighted by atomic mass is 10.2. The summed E-state index contributed by atoms with van der Waals surface area (Å²) in [5.41, 5.74) is 0.450. The van der Waals surface area contributed by atoms with Crippen LogP contribution in [0.25, 0.3) is 0 Å². The number of aromatic nitrogens is 2. The Morgan fingerprint density at radius 1 is 1.33 bits per heavy atom. The fourth-order valence-electron chi connectivity index (χ4n) is 2.09. The molecule has 1 fully saturated rings. The number of benzene rings is 1. The van der Waals surface area contributed by atoms with Gasteiger partial charge in [0.1, 0.15) is 0 Å². The average Bonchev–Trinajstić information content (AvgIpc) is 3.30. The van der Waals surface area contributed by atoms with E-state index < -0.39 is 0 Å². The van der Waals surface area contributed by atoms with Crippen LogP contribution in [0.1, 0.15) is 24.4 Å². The fourth-order valence-corrected chi connectivity index (χ4v) is 3.13. The number of nitro benzene ring substituents is 1. The van der Waals surface area contributed by atoms with Gasteiger partial charge in [0.25, 0.3) is 11.2 Å². The summed E-state index contributed by atoms with van der Waals surface area (Å²) in [4.78, 5) is 26.1. The van der Waals surface area contributed by atoms with Crippen LogP contribution in [0.2, 0.25) is 0 Å². The Kier molecular flexibility index (Phi) is 3.74. The van der Waals surface area contributed by atoms with E-state index >= 15 is 0 Å². The highest BCUT2D eigenvalue weighted by molar-refractivity contribution is 7.98. The van der Waals surface area contributed by atoms with Gasteiger partial charge < -0.3 is 4.57 Å². The van der Waals surface area contributed by atoms with Crippen LogP contribution in [0, 0.1) is 10.1 Å². The average molecular weight is 303 g/mol. The van der Waals surface area contributed by atoms with Crippen molar-refractivity contribution in [1.29, 1.82) is 0 Å². The van der Waals surface area contributed by atoms with Crippen molar-refractivity contribution in [2.75, 3.05) is 0 Å². The largest absolute Gasteiger partial charge is 0.324 e. The summed E-state index contributed by atoms with van der Waals surface area (Å²) in [6, 6.07) is 8.50. The molecule has 1 heterocycles. The Bertz CT molecular complexity index is 740. The van der Waals surface area contributed by atoms with Crippen LogP contribution in [0.15, 0.2) is 46.5 Å². The molecule has 1 aromatic carbocycles. The zero-order valence-corrected chi connectivity index (χ0v) is 12.0. The van der Waals surface area contributed by atoms with Gasteiger partial charge in [0, 0.05) is 35.7 Å². The van der Waals surface area contributed by atoms with Crippen LogP contribution >= 0.6 is 11.8 Å². The minimum Gasteiger partial charge on any atom is -0.324 e. The molecule has 1 aliphatic rings. The Hall–Kier alpha value is -2.15. The van der Waals surface area contributed by atoms with Crippen LogP contribution in [0.5, 0.6) is 0 Å². The quantitative estimate of drug-likeness (QED) is 0.367. The first kappa shape index (κ1) is 13.8. The minimum atomic E-state index is -0.387. The molecule has 0 spiro atoms. The minimum absolute atomic E-state index is 0.0984. The maximum atomic E-state index is 11.4. The van der Waals surface area contributed by atoms with Crippen molar-refractivity contribution in [1.82, 2.24) is 9.55 Å². The van der Waals surface area contributed by atoms with E-state index in [9.17, 15) is 14.9 Å². The molecule has 3 rings (SSSR count). The van der Waals surface area contributed by atoms with E-state index in [-0.39, 0.29) is 16.2 Å². The Morgan fingerprint density at radius 2 is 2.10 bits per heavy atom. The third-order valence-corrected chi connectivity index (χ3v) is 4.31. The van der Waals surface area contributed by atoms with Crippen molar-refractivity contribution in [2.24, 2.45) is 0 Å². The van der Waals surface area contributed by atoms with Crippen molar-refractivity contribution in [3.05, 3.63) is 62.6 Å². The zero-order valence-electron chi connectivity index (χ0n) is 11.1. The predicted octanol–water partition coefficient (Wildman–Crippen LogP) is 2.78. The van der Waals surface area contributed by atoms with Gasteiger partial charge in [-0.2, -0.15) is 4.98 Å². The smallest absolute Gasteiger partial charge is 0.273 e. The summed E-state index contributed by atoms with van der Waals surface area (Å²) >= 11 is 1.36. The standard InChI is InChI=1S/C14H13N3O3S/c18-13-7-8-16(11-5-6-11)14(15-13)21-9-10-3-1-2-4-12(10)17(19)20/h1-4,7-8,11H,5-6,9H2. The number of rotatable bonds is 5. The Labute approximate surface area is 125 Å². The summed E-state index contributed by atoms with van der Waals surface area (Å²) in [6.07, 6.45) is 3.93. The van der Waals surface area contributed by atoms with Gasteiger partial charge in [-0.25, -0.2) is 0 Å². The van der Waals surface area contributed by atoms with E-state index in [0.717, 1.165) is 12.8 Å². The van der Waals surface area contributed by atoms with Gasteiger partial charge in [0.05, 0.1) is 4.92 Å². The molecule has 0 N–H and O–H groups in total. The molecule has 1 saturated carbocycles. The molecule has 0 radical (unpaired) electrons. The predicted molar refractivity (Wildman–Crippen MR) is 79.4 cm³/mol. The van der Waals surface area contributed by atoms with Gasteiger partial charge in [-0.3, -0.25) is 14.9 Å². The van der Waals surface area contributed by atoms with Crippen LogP contribution in [0.3, 0.4) is 0 Å². The van der Waals surface area contributed by atoms with E-state index in [1.54, 1.807) is 24.4 Å². The summed E-state index contributed by atoms with van der Waals surface area (Å²) in [6.45, 7) is 0. The van der Waals surface area contributed by atoms with Gasteiger partial charge in [-0.15, -0.1) is 0 Å². The van der Waals surface area contributed by atoms with Crippen molar-refractivity contribution < 1.29 is 4.92 Å². The van der Waals surface area contributed by atoms with E-state index in [1.807, 2.05) is 4.57 Å². The molecule has 2 aromatic rings. The highest BCUT2D eigenvalue weighted by Gasteiger charge is 2.25. The van der Waals surface area contributed by atoms with Gasteiger partial charge in [0.15, 0.2) is 5.16 Å². The lowest BCUT2D eigenvalue weighted by Gasteiger charge is -2.10. The van der Waals surface area contributed by atoms with E-state index in [4.69, 9.17) is 0 Å². The number of nitrogens with zero attached hydrogens (tertiary/aromatic N) is 3. The molecular weight excluding hydrogens is 290 g/mol. The van der Waals surface area contributed by atoms with Gasteiger partial charge in [0.2, 0.25) is 0 Å². The Morgan fingerprint density at radius 3 is 2.81 bits per heavy atom. The summed E-state index contributed by atoms with van der Waals surface area (Å²) in [7, 11) is 0. The monoisotopic (exact) mass is 303 g/mol. The molecule has 0 bridgehead atoms. The molecule has 0 aliphatic heterocycles. The maximum Gasteiger partial charge on any atom is 0.273 e. The van der Waals surface area contributed by atoms with Crippen molar-refractivity contribution in [3.8, 4) is 0 Å². The lowest BCUT2D eigenvalue weighted by molar-refractivity contribution is -0.385. The van der Waals surface area contributed by atoms with Crippen molar-refractivity contribution in [3.63, 3.8) is 0 Å². The molecule has 7 heteroatoms. The molecule has 21 heavy (non-hydrogen) atoms. The third-order valence-electron chi connectivity index (χ3n) is 3.29. The first-order chi connectivity index (χ1) is 10.1. The molecule has 1 aromatic heterocycles. The number of hydrogen-bond donors (Lipinski definition) is 0. The molecule has 6 nitrogen and oxygen atoms in total. The zero-order chi connectivity index (χ0) is 14.8. The normalized spacial score (nSPS) is 14.1. The van der Waals surface area contributed by atoms with Crippen LogP contribution < -0.4 is 5.56 Å². The second-order valence-corrected chi connectivity index (χ2v) is 5.80. The van der Waals surface area contributed by atoms with Gasteiger partial charge in [-0.05, 0) is 12.8 Å². The first-order valence-electron chi connectivity index (χ1n) is 6.59. The highest BCUT2D eigenvalue weighted by atomic mass is 32.2. The number of thioether (sulfide) groups is 1. The molecular formula is C14H13N3O3S. The molecule has 0 atom stereocenters. The second kappa shape index (κ2) is 5.69. The van der Waals surface area contributed by atoms with E-state index in [0.29, 0.717) is 22.5 Å². The molecule has 0 amide bonds. The van der Waals surface area contributed by atoms with Crippen LogP contribution in [0.4, 0.5) is 5.69 Å². The van der Waals surface area contributed by atoms with Crippen molar-refractivity contribution >= 4 is 17.4 Å². The summed E-state index contributed by atoms with van der Waals surface area (Å²) in [5.74, 6) is 0.417. The number of para-hydroxylation sites is 1. The lowest BCUT2D eigenvalue weighted by Crippen LogP contribution is -2.12. The second-order valence-electron chi connectivity index (χ2n) is 4.86. The number of nitro groups is 1. The van der Waals surface area contributed by atoms with Crippen LogP contribution in [-0.2, 0) is 5.75 Å². The molecule has 0 unspecified atom stereocenters. The van der Waals surface area contributed by atoms with Crippen molar-refractivity contribution in [2.45, 2.75) is 29.8 Å². The van der Waals surface area contributed by atoms with E-state index in [2.05, 4.69) is 4.98 Å². The number of hydrogen-bond acceptors (Lipinski definition) is 5. The fraction of sp³-hybridized carbons (Fsp3) is 0.286. The van der Waals surface area contributed by atoms with Gasteiger partial charge >= 0.3 is 0 Å². The van der Waals surface area contributed by atoms with Crippen LogP contribution in [-0.4, -0.2) is 14.5 Å². The SMILES string of the molecule is O=c1ccn(C2CC2)c(SCc2ccccc2[N+](=O)[O-])n1. The first-order valence-corrected chi connectivity index (χ1v) is 7.58. The molecule has 108 valence electrons. The summed E-state index contributed by atoms with van der Waals surface area (Å²) in [5, 5.41) is 11.6. The van der Waals surface area contributed by atoms with Gasteiger partial charge in [-0.1, -0.05) is 30.0 Å². The Balaban J connectivity index is 1.84. The summed E-state index contributed by atoms with van der Waals surface area (Å²) < 4.78 is 1.99. The highest BCUT2D eigenvalue weighted by Crippen LogP contribution is 2.37.